The lowest BCUT2D eigenvalue weighted by Gasteiger charge is -2.15. The first-order valence-corrected chi connectivity index (χ1v) is 6.36. The third kappa shape index (κ3) is 3.20. The second kappa shape index (κ2) is 6.46. The van der Waals surface area contributed by atoms with Crippen LogP contribution in [0.5, 0.6) is 0 Å². The van der Waals surface area contributed by atoms with Crippen molar-refractivity contribution in [1.82, 2.24) is 9.78 Å². The van der Waals surface area contributed by atoms with Crippen LogP contribution in [-0.4, -0.2) is 28.6 Å². The van der Waals surface area contributed by atoms with E-state index < -0.39 is 29.1 Å². The quantitative estimate of drug-likeness (QED) is 0.862. The van der Waals surface area contributed by atoms with Crippen molar-refractivity contribution in [2.45, 2.75) is 12.6 Å². The fraction of sp³-hybridized carbons (Fsp3) is 0.308. The zero-order valence-corrected chi connectivity index (χ0v) is 11.7. The summed E-state index contributed by atoms with van der Waals surface area (Å²) < 4.78 is 46.1. The molecule has 0 fully saturated rings. The Morgan fingerprint density at radius 2 is 1.95 bits per heavy atom. The number of benzene rings is 1. The summed E-state index contributed by atoms with van der Waals surface area (Å²) in [5.41, 5.74) is -0.339. The van der Waals surface area contributed by atoms with Gasteiger partial charge in [-0.3, -0.25) is 4.68 Å². The van der Waals surface area contributed by atoms with Gasteiger partial charge in [-0.15, -0.1) is 0 Å². The summed E-state index contributed by atoms with van der Waals surface area (Å²) in [5, 5.41) is 14.2. The highest BCUT2D eigenvalue weighted by atomic mass is 35.5. The van der Waals surface area contributed by atoms with E-state index in [1.807, 2.05) is 0 Å². The summed E-state index contributed by atoms with van der Waals surface area (Å²) in [5.74, 6) is -3.66. The van der Waals surface area contributed by atoms with Gasteiger partial charge < -0.3 is 9.84 Å². The summed E-state index contributed by atoms with van der Waals surface area (Å²) in [4.78, 5) is 0. The van der Waals surface area contributed by atoms with Gasteiger partial charge >= 0.3 is 0 Å². The maximum absolute atomic E-state index is 13.7. The highest BCUT2D eigenvalue weighted by molar-refractivity contribution is 6.31. The topological polar surface area (TPSA) is 47.3 Å². The molecule has 1 heterocycles. The van der Waals surface area contributed by atoms with Crippen LogP contribution >= 0.6 is 11.6 Å². The number of aliphatic hydroxyl groups is 1. The molecular weight excluding hydrogens is 309 g/mol. The highest BCUT2D eigenvalue weighted by Crippen LogP contribution is 2.30. The summed E-state index contributed by atoms with van der Waals surface area (Å²) in [6.07, 6.45) is -0.306. The number of aromatic nitrogens is 2. The minimum Gasteiger partial charge on any atom is -0.383 e. The van der Waals surface area contributed by atoms with Gasteiger partial charge in [-0.05, 0) is 6.07 Å². The fourth-order valence-corrected chi connectivity index (χ4v) is 2.14. The third-order valence-electron chi connectivity index (χ3n) is 2.93. The standard InChI is InChI=1S/C13H12ClF3N2O2/c1-21-3-2-19-12(8(14)6-18-19)13(20)7-4-10(16)11(17)5-9(7)15/h4-6,13,20H,2-3H2,1H3. The Bertz CT molecular complexity index is 649. The van der Waals surface area contributed by atoms with Gasteiger partial charge in [-0.2, -0.15) is 5.10 Å². The molecule has 0 amide bonds. The predicted octanol–water partition coefficient (Wildman–Crippen LogP) is 2.68. The number of aliphatic hydroxyl groups excluding tert-OH is 1. The summed E-state index contributed by atoms with van der Waals surface area (Å²) in [6, 6.07) is 0.969. The maximum atomic E-state index is 13.7. The lowest BCUT2D eigenvalue weighted by molar-refractivity contribution is 0.170. The molecule has 1 aromatic carbocycles. The van der Waals surface area contributed by atoms with Crippen LogP contribution in [0.4, 0.5) is 13.2 Å². The first-order valence-electron chi connectivity index (χ1n) is 5.98. The van der Waals surface area contributed by atoms with Crippen LogP contribution in [0.3, 0.4) is 0 Å². The molecule has 0 aliphatic carbocycles. The van der Waals surface area contributed by atoms with Crippen molar-refractivity contribution in [3.63, 3.8) is 0 Å². The monoisotopic (exact) mass is 320 g/mol. The Morgan fingerprint density at radius 3 is 2.62 bits per heavy atom. The molecule has 1 unspecified atom stereocenters. The minimum atomic E-state index is -1.58. The van der Waals surface area contributed by atoms with E-state index in [1.54, 1.807) is 0 Å². The van der Waals surface area contributed by atoms with Crippen LogP contribution in [0.15, 0.2) is 18.3 Å². The van der Waals surface area contributed by atoms with Gasteiger partial charge in [0.1, 0.15) is 11.9 Å². The first-order chi connectivity index (χ1) is 9.95. The van der Waals surface area contributed by atoms with E-state index in [4.69, 9.17) is 16.3 Å². The molecule has 0 radical (unpaired) electrons. The molecule has 0 saturated heterocycles. The molecule has 1 aromatic heterocycles. The molecule has 0 saturated carbocycles. The number of ether oxygens (including phenoxy) is 1. The van der Waals surface area contributed by atoms with Crippen molar-refractivity contribution in [2.24, 2.45) is 0 Å². The largest absolute Gasteiger partial charge is 0.383 e. The van der Waals surface area contributed by atoms with Gasteiger partial charge in [0.25, 0.3) is 0 Å². The van der Waals surface area contributed by atoms with Crippen molar-refractivity contribution in [3.05, 3.63) is 52.1 Å². The molecule has 2 aromatic rings. The molecule has 1 N–H and O–H groups in total. The Kier molecular flexibility index (Phi) is 4.87. The van der Waals surface area contributed by atoms with E-state index >= 15 is 0 Å². The molecule has 0 aliphatic heterocycles. The van der Waals surface area contributed by atoms with Gasteiger partial charge in [0.05, 0.1) is 30.1 Å². The number of nitrogens with zero attached hydrogens (tertiary/aromatic N) is 2. The first kappa shape index (κ1) is 15.8. The van der Waals surface area contributed by atoms with Crippen LogP contribution in [-0.2, 0) is 11.3 Å². The van der Waals surface area contributed by atoms with Gasteiger partial charge in [0, 0.05) is 18.7 Å². The van der Waals surface area contributed by atoms with Crippen molar-refractivity contribution in [2.75, 3.05) is 13.7 Å². The predicted molar refractivity (Wildman–Crippen MR) is 69.5 cm³/mol. The van der Waals surface area contributed by atoms with E-state index in [1.165, 1.54) is 18.0 Å². The van der Waals surface area contributed by atoms with Gasteiger partial charge in [-0.1, -0.05) is 11.6 Å². The van der Waals surface area contributed by atoms with Gasteiger partial charge in [0.2, 0.25) is 0 Å². The molecule has 2 rings (SSSR count). The number of hydrogen-bond donors (Lipinski definition) is 1. The van der Waals surface area contributed by atoms with E-state index in [9.17, 15) is 18.3 Å². The number of hydrogen-bond acceptors (Lipinski definition) is 3. The summed E-state index contributed by atoms with van der Waals surface area (Å²) >= 11 is 5.92. The molecule has 114 valence electrons. The average Bonchev–Trinajstić information content (AvgIpc) is 2.81. The molecule has 8 heteroatoms. The Balaban J connectivity index is 2.42. The van der Waals surface area contributed by atoms with Crippen LogP contribution in [0.2, 0.25) is 5.02 Å². The van der Waals surface area contributed by atoms with Crippen molar-refractivity contribution < 1.29 is 23.0 Å². The Hall–Kier alpha value is -1.57. The van der Waals surface area contributed by atoms with Gasteiger partial charge in [-0.25, -0.2) is 13.2 Å². The van der Waals surface area contributed by atoms with Crippen molar-refractivity contribution in [1.29, 1.82) is 0 Å². The summed E-state index contributed by atoms with van der Waals surface area (Å²) in [7, 11) is 1.48. The van der Waals surface area contributed by atoms with Crippen molar-refractivity contribution >= 4 is 11.6 Å². The zero-order chi connectivity index (χ0) is 15.6. The molecule has 21 heavy (non-hydrogen) atoms. The Labute approximate surface area is 123 Å². The van der Waals surface area contributed by atoms with E-state index in [0.717, 1.165) is 0 Å². The van der Waals surface area contributed by atoms with Crippen molar-refractivity contribution in [3.8, 4) is 0 Å². The second-order valence-corrected chi connectivity index (χ2v) is 4.69. The molecule has 0 spiro atoms. The van der Waals surface area contributed by atoms with Crippen LogP contribution < -0.4 is 0 Å². The highest BCUT2D eigenvalue weighted by Gasteiger charge is 2.24. The lowest BCUT2D eigenvalue weighted by atomic mass is 10.1. The average molecular weight is 321 g/mol. The molecule has 0 bridgehead atoms. The molecular formula is C13H12ClF3N2O2. The van der Waals surface area contributed by atoms with Crippen LogP contribution in [0, 0.1) is 17.5 Å². The third-order valence-corrected chi connectivity index (χ3v) is 3.22. The van der Waals surface area contributed by atoms with E-state index in [-0.39, 0.29) is 23.9 Å². The second-order valence-electron chi connectivity index (χ2n) is 4.28. The SMILES string of the molecule is COCCn1ncc(Cl)c1C(O)c1cc(F)c(F)cc1F. The van der Waals surface area contributed by atoms with Crippen LogP contribution in [0.25, 0.3) is 0 Å². The lowest BCUT2D eigenvalue weighted by Crippen LogP contribution is -2.15. The van der Waals surface area contributed by atoms with E-state index in [0.29, 0.717) is 12.1 Å². The smallest absolute Gasteiger partial charge is 0.161 e. The maximum Gasteiger partial charge on any atom is 0.161 e. The Morgan fingerprint density at radius 1 is 1.29 bits per heavy atom. The zero-order valence-electron chi connectivity index (χ0n) is 11.0. The number of methoxy groups -OCH3 is 1. The minimum absolute atomic E-state index is 0.0821. The van der Waals surface area contributed by atoms with E-state index in [2.05, 4.69) is 5.10 Å². The van der Waals surface area contributed by atoms with Gasteiger partial charge in [0.15, 0.2) is 11.6 Å². The normalized spacial score (nSPS) is 12.7. The molecule has 0 aliphatic rings. The number of halogens is 4. The van der Waals surface area contributed by atoms with Crippen LogP contribution in [0.1, 0.15) is 17.4 Å². The molecule has 4 nitrogen and oxygen atoms in total. The summed E-state index contributed by atoms with van der Waals surface area (Å²) in [6.45, 7) is 0.554. The molecule has 1 atom stereocenters. The number of rotatable bonds is 5. The fourth-order valence-electron chi connectivity index (χ4n) is 1.89.